The summed E-state index contributed by atoms with van der Waals surface area (Å²) >= 11 is 1.29. The van der Waals surface area contributed by atoms with Crippen LogP contribution in [0.1, 0.15) is 63.4 Å². The lowest BCUT2D eigenvalue weighted by molar-refractivity contribution is -0.00734. The quantitative estimate of drug-likeness (QED) is 0.169. The molecular weight excluding hydrogens is 682 g/mol. The molecule has 1 aliphatic carbocycles. The van der Waals surface area contributed by atoms with E-state index in [-0.39, 0.29) is 29.5 Å². The molecule has 0 spiro atoms. The molecular formula is C37H29F3N6O4S. The van der Waals surface area contributed by atoms with Crippen molar-refractivity contribution in [2.24, 2.45) is 0 Å². The summed E-state index contributed by atoms with van der Waals surface area (Å²) in [6, 6.07) is 13.4. The zero-order valence-electron chi connectivity index (χ0n) is 27.1. The van der Waals surface area contributed by atoms with Crippen molar-refractivity contribution in [2.75, 3.05) is 19.0 Å². The maximum absolute atomic E-state index is 15.6. The largest absolute Gasteiger partial charge is 0.496 e. The van der Waals surface area contributed by atoms with Gasteiger partial charge in [0, 0.05) is 35.2 Å². The first-order valence-corrected chi connectivity index (χ1v) is 17.4. The van der Waals surface area contributed by atoms with Crippen LogP contribution < -0.4 is 15.8 Å². The van der Waals surface area contributed by atoms with Crippen LogP contribution >= 0.6 is 11.3 Å². The minimum atomic E-state index is -3.12. The van der Waals surface area contributed by atoms with Crippen molar-refractivity contribution in [3.63, 3.8) is 0 Å². The molecule has 0 saturated carbocycles. The van der Waals surface area contributed by atoms with E-state index in [4.69, 9.17) is 14.1 Å². The predicted octanol–water partition coefficient (Wildman–Crippen LogP) is 7.27. The van der Waals surface area contributed by atoms with Crippen molar-refractivity contribution in [1.29, 1.82) is 0 Å². The van der Waals surface area contributed by atoms with Gasteiger partial charge in [-0.15, -0.1) is 16.4 Å². The molecule has 51 heavy (non-hydrogen) atoms. The molecule has 1 saturated heterocycles. The number of ether oxygens (including phenoxy) is 1. The average Bonchev–Trinajstić information content (AvgIpc) is 3.95. The number of carbonyl (C=O) groups excluding carboxylic acids is 1. The van der Waals surface area contributed by atoms with Gasteiger partial charge < -0.3 is 19.4 Å². The lowest BCUT2D eigenvalue weighted by atomic mass is 9.93. The highest BCUT2D eigenvalue weighted by Gasteiger charge is 2.49. The number of carbonyl (C=O) groups is 1. The molecule has 9 rings (SSSR count). The van der Waals surface area contributed by atoms with E-state index in [0.717, 1.165) is 23.8 Å². The first-order valence-electron chi connectivity index (χ1n) is 16.6. The van der Waals surface area contributed by atoms with Gasteiger partial charge in [0.05, 0.1) is 40.4 Å². The molecule has 10 nitrogen and oxygen atoms in total. The molecule has 6 heterocycles. The van der Waals surface area contributed by atoms with E-state index in [1.807, 2.05) is 11.0 Å². The highest BCUT2D eigenvalue weighted by atomic mass is 32.1. The summed E-state index contributed by atoms with van der Waals surface area (Å²) in [6.45, 7) is 0.587. The number of rotatable bonds is 8. The fraction of sp³-hybridized carbons (Fsp3) is 0.270. The second kappa shape index (κ2) is 11.8. The van der Waals surface area contributed by atoms with E-state index < -0.39 is 24.1 Å². The highest BCUT2D eigenvalue weighted by Crippen LogP contribution is 2.52. The Balaban J connectivity index is 1.21. The number of aryl methyl sites for hydroxylation is 2. The van der Waals surface area contributed by atoms with E-state index in [1.54, 1.807) is 42.6 Å². The lowest BCUT2D eigenvalue weighted by Gasteiger charge is -2.22. The molecule has 2 atom stereocenters. The summed E-state index contributed by atoms with van der Waals surface area (Å²) in [5.74, 6) is -3.75. The summed E-state index contributed by atoms with van der Waals surface area (Å²) in [7, 11) is 1.46. The van der Waals surface area contributed by atoms with Gasteiger partial charge in [-0.3, -0.25) is 9.78 Å². The fourth-order valence-corrected chi connectivity index (χ4v) is 8.93. The molecule has 2 N–H and O–H groups in total. The Morgan fingerprint density at radius 2 is 1.94 bits per heavy atom. The van der Waals surface area contributed by atoms with Crippen LogP contribution in [0.5, 0.6) is 5.75 Å². The second-order valence-electron chi connectivity index (χ2n) is 13.0. The Bertz CT molecular complexity index is 2420. The number of fused-ring (bicyclic) bond motifs is 5. The molecule has 258 valence electrons. The van der Waals surface area contributed by atoms with Gasteiger partial charge >= 0.3 is 5.76 Å². The van der Waals surface area contributed by atoms with Gasteiger partial charge in [0.1, 0.15) is 23.4 Å². The number of benzene rings is 2. The molecule has 3 aliphatic rings. The number of hydrogen-bond acceptors (Lipinski definition) is 9. The van der Waals surface area contributed by atoms with Gasteiger partial charge in [0.25, 0.3) is 17.7 Å². The summed E-state index contributed by atoms with van der Waals surface area (Å²) in [6.07, 6.45) is 3.54. The van der Waals surface area contributed by atoms with Gasteiger partial charge in [0.2, 0.25) is 0 Å². The van der Waals surface area contributed by atoms with Crippen LogP contribution in [0, 0.1) is 5.82 Å². The number of amides is 1. The van der Waals surface area contributed by atoms with Crippen molar-refractivity contribution in [2.45, 2.75) is 50.1 Å². The number of methoxy groups -OCH3 is 1. The van der Waals surface area contributed by atoms with Crippen molar-refractivity contribution < 1.29 is 27.1 Å². The maximum atomic E-state index is 15.6. The zero-order chi connectivity index (χ0) is 35.0. The molecule has 0 bridgehead atoms. The number of alkyl halides is 2. The number of hydrogen-bond donors (Lipinski definition) is 2. The van der Waals surface area contributed by atoms with Gasteiger partial charge in [-0.1, -0.05) is 24.3 Å². The number of halogens is 3. The Morgan fingerprint density at radius 3 is 2.73 bits per heavy atom. The first-order chi connectivity index (χ1) is 24.7. The zero-order valence-corrected chi connectivity index (χ0v) is 28.0. The van der Waals surface area contributed by atoms with E-state index >= 15 is 8.78 Å². The van der Waals surface area contributed by atoms with E-state index in [0.29, 0.717) is 73.9 Å². The SMILES string of the molecule is COc1cccc2c1CC(F)(F)[C@H]2Nc1nccc2cc(-c3c4c(nc(CCc5ccc(F)cc5)c3-c3n[nH]c(=O)o3)[C@@H]3CCCN3C4=O)sc12. The van der Waals surface area contributed by atoms with Crippen LogP contribution in [-0.4, -0.2) is 50.5 Å². The minimum Gasteiger partial charge on any atom is -0.496 e. The molecule has 2 aliphatic heterocycles. The number of nitrogens with one attached hydrogen (secondary N) is 2. The highest BCUT2D eigenvalue weighted by molar-refractivity contribution is 7.23. The Kier molecular flexibility index (Phi) is 7.28. The van der Waals surface area contributed by atoms with Crippen LogP contribution in [0.3, 0.4) is 0 Å². The summed E-state index contributed by atoms with van der Waals surface area (Å²) in [5, 5.41) is 10.3. The fourth-order valence-electron chi connectivity index (χ4n) is 7.77. The number of nitrogens with zero attached hydrogens (tertiary/aromatic N) is 4. The van der Waals surface area contributed by atoms with Crippen LogP contribution in [0.15, 0.2) is 70.0 Å². The first kappa shape index (κ1) is 31.5. The van der Waals surface area contributed by atoms with Gasteiger partial charge in [-0.2, -0.15) is 0 Å². The van der Waals surface area contributed by atoms with Gasteiger partial charge in [-0.25, -0.2) is 28.0 Å². The lowest BCUT2D eigenvalue weighted by Crippen LogP contribution is -2.28. The number of aromatic amines is 1. The van der Waals surface area contributed by atoms with Crippen LogP contribution in [0.25, 0.3) is 32.0 Å². The van der Waals surface area contributed by atoms with Crippen molar-refractivity contribution >= 4 is 33.1 Å². The summed E-state index contributed by atoms with van der Waals surface area (Å²) in [4.78, 5) is 38.5. The number of aromatic nitrogens is 4. The molecule has 1 fully saturated rings. The van der Waals surface area contributed by atoms with Gasteiger partial charge in [0.15, 0.2) is 0 Å². The third-order valence-electron chi connectivity index (χ3n) is 10.1. The van der Waals surface area contributed by atoms with Crippen LogP contribution in [-0.2, 0) is 19.3 Å². The summed E-state index contributed by atoms with van der Waals surface area (Å²) < 4.78 is 56.5. The molecule has 0 radical (unpaired) electrons. The molecule has 2 aromatic carbocycles. The third-order valence-corrected chi connectivity index (χ3v) is 11.2. The second-order valence-corrected chi connectivity index (χ2v) is 14.1. The molecule has 0 unspecified atom stereocenters. The van der Waals surface area contributed by atoms with Crippen molar-refractivity contribution in [3.8, 4) is 27.6 Å². The normalized spacial score (nSPS) is 18.7. The van der Waals surface area contributed by atoms with E-state index in [9.17, 15) is 14.0 Å². The smallest absolute Gasteiger partial charge is 0.434 e. The topological polar surface area (TPSA) is 126 Å². The number of H-pyrrole nitrogens is 1. The Labute approximate surface area is 292 Å². The van der Waals surface area contributed by atoms with E-state index in [2.05, 4.69) is 20.5 Å². The Hall–Kier alpha value is -5.50. The molecule has 6 aromatic rings. The minimum absolute atomic E-state index is 0.0238. The Morgan fingerprint density at radius 1 is 1.10 bits per heavy atom. The van der Waals surface area contributed by atoms with Gasteiger partial charge in [-0.05, 0) is 72.5 Å². The average molecular weight is 711 g/mol. The molecule has 14 heteroatoms. The summed E-state index contributed by atoms with van der Waals surface area (Å²) in [5.41, 5.74) is 4.28. The monoisotopic (exact) mass is 710 g/mol. The van der Waals surface area contributed by atoms with Crippen molar-refractivity contribution in [1.82, 2.24) is 25.1 Å². The van der Waals surface area contributed by atoms with E-state index in [1.165, 1.54) is 30.6 Å². The van der Waals surface area contributed by atoms with Crippen molar-refractivity contribution in [3.05, 3.63) is 111 Å². The molecule has 4 aromatic heterocycles. The third kappa shape index (κ3) is 5.10. The number of thiophene rings is 1. The molecule has 1 amide bonds. The number of pyridine rings is 2. The predicted molar refractivity (Wildman–Crippen MR) is 184 cm³/mol. The van der Waals surface area contributed by atoms with Crippen LogP contribution in [0.2, 0.25) is 0 Å². The van der Waals surface area contributed by atoms with Crippen LogP contribution in [0.4, 0.5) is 19.0 Å². The number of anilines is 1. The maximum Gasteiger partial charge on any atom is 0.434 e. The standard InChI is InChI=1S/C37H29F3N6O4S/c1-49-25-6-2-4-21-22(25)17-37(39,40)32(21)43-33-31-19(13-14-41-33)16-26(51-31)28-27(34-44-45-36(48)50-34)23(12-9-18-7-10-20(38)11-8-18)42-30-24-5-3-15-46(24)35(47)29(28)30/h2,4,6-8,10-11,13-14,16,24,32H,3,5,9,12,15,17H2,1H3,(H,41,43)(H,45,48)/t24-,32-/m0/s1.